The van der Waals surface area contributed by atoms with Gasteiger partial charge in [-0.15, -0.1) is 0 Å². The van der Waals surface area contributed by atoms with Crippen LogP contribution < -0.4 is 15.8 Å². The Kier molecular flexibility index (Phi) is 9.76. The average Bonchev–Trinajstić information content (AvgIpc) is 3.93. The molecule has 2 aliphatic rings. The van der Waals surface area contributed by atoms with Crippen LogP contribution in [0, 0.1) is 11.6 Å². The zero-order valence-corrected chi connectivity index (χ0v) is 27.5. The second-order valence-electron chi connectivity index (χ2n) is 12.5. The molecular formula is C35H30F8N4O5. The highest BCUT2D eigenvalue weighted by Gasteiger charge is 2.46. The topological polar surface area (TPSA) is 103 Å². The minimum absolute atomic E-state index is 0.0235. The Morgan fingerprint density at radius 2 is 1.75 bits per heavy atom. The van der Waals surface area contributed by atoms with Crippen molar-refractivity contribution in [1.29, 1.82) is 0 Å². The number of nitrogens with zero attached hydrogens (tertiary/aromatic N) is 3. The number of esters is 1. The molecule has 6 rings (SSSR count). The van der Waals surface area contributed by atoms with Gasteiger partial charge < -0.3 is 24.3 Å². The standard InChI is InChI=1S/C35H30F8N4O5/c1-46-26(17-5-6-17)15-22(34(38,39)40)28(32(46)49)21-8-7-18(20-4-3-9-44-30(20)21)12-25(33(50)51-2)45-31(48)29-23(36)13-19(14-24(29)37)47-10-11-52-16-27(47)35(41,42)43/h3-4,7-9,13-15,17,25,27H,5-6,10-12,16H2,1-2H3,(H,45,48)/t25-,27+/m0/s1. The van der Waals surface area contributed by atoms with E-state index in [4.69, 9.17) is 9.47 Å². The zero-order valence-electron chi connectivity index (χ0n) is 27.5. The second-order valence-corrected chi connectivity index (χ2v) is 12.5. The van der Waals surface area contributed by atoms with E-state index in [-0.39, 0.29) is 46.8 Å². The predicted molar refractivity (Wildman–Crippen MR) is 171 cm³/mol. The van der Waals surface area contributed by atoms with Crippen molar-refractivity contribution in [3.63, 3.8) is 0 Å². The summed E-state index contributed by atoms with van der Waals surface area (Å²) in [6, 6.07) is 3.83. The highest BCUT2D eigenvalue weighted by Crippen LogP contribution is 2.44. The Bertz CT molecular complexity index is 2090. The summed E-state index contributed by atoms with van der Waals surface area (Å²) < 4.78 is 125. The maximum atomic E-state index is 15.3. The molecule has 1 amide bonds. The summed E-state index contributed by atoms with van der Waals surface area (Å²) >= 11 is 0. The molecule has 1 aliphatic heterocycles. The van der Waals surface area contributed by atoms with E-state index >= 15 is 8.78 Å². The van der Waals surface area contributed by atoms with Gasteiger partial charge in [-0.3, -0.25) is 14.6 Å². The average molecular weight is 739 g/mol. The molecule has 3 heterocycles. The Hall–Kier alpha value is -5.06. The van der Waals surface area contributed by atoms with Gasteiger partial charge in [0.1, 0.15) is 29.3 Å². The summed E-state index contributed by atoms with van der Waals surface area (Å²) in [7, 11) is 2.38. The number of rotatable bonds is 8. The Morgan fingerprint density at radius 3 is 2.37 bits per heavy atom. The van der Waals surface area contributed by atoms with Crippen molar-refractivity contribution in [2.24, 2.45) is 7.05 Å². The summed E-state index contributed by atoms with van der Waals surface area (Å²) in [6.45, 7) is -1.25. The van der Waals surface area contributed by atoms with Crippen molar-refractivity contribution in [3.8, 4) is 11.1 Å². The Balaban J connectivity index is 1.34. The predicted octanol–water partition coefficient (Wildman–Crippen LogP) is 6.06. The number of carbonyl (C=O) groups excluding carboxylic acids is 2. The van der Waals surface area contributed by atoms with Crippen molar-refractivity contribution in [3.05, 3.63) is 93.0 Å². The number of nitrogens with one attached hydrogen (secondary N) is 1. The van der Waals surface area contributed by atoms with Crippen LogP contribution >= 0.6 is 0 Å². The molecule has 2 fully saturated rings. The molecular weight excluding hydrogens is 708 g/mol. The number of methoxy groups -OCH3 is 1. The second kappa shape index (κ2) is 13.8. The molecule has 1 N–H and O–H groups in total. The van der Waals surface area contributed by atoms with Crippen molar-refractivity contribution >= 4 is 28.5 Å². The largest absolute Gasteiger partial charge is 0.467 e. The fourth-order valence-electron chi connectivity index (χ4n) is 6.50. The van der Waals surface area contributed by atoms with Gasteiger partial charge in [-0.2, -0.15) is 26.3 Å². The van der Waals surface area contributed by atoms with Crippen LogP contribution in [0.25, 0.3) is 22.0 Å². The molecule has 0 unspecified atom stereocenters. The van der Waals surface area contributed by atoms with Gasteiger partial charge in [0.15, 0.2) is 0 Å². The third kappa shape index (κ3) is 7.05. The van der Waals surface area contributed by atoms with Gasteiger partial charge in [0, 0.05) is 48.5 Å². The van der Waals surface area contributed by atoms with Gasteiger partial charge in [0.25, 0.3) is 11.5 Å². The van der Waals surface area contributed by atoms with E-state index in [1.165, 1.54) is 42.1 Å². The lowest BCUT2D eigenvalue weighted by molar-refractivity contribution is -0.167. The quantitative estimate of drug-likeness (QED) is 0.173. The third-order valence-electron chi connectivity index (χ3n) is 9.20. The van der Waals surface area contributed by atoms with E-state index in [1.807, 2.05) is 0 Å². The van der Waals surface area contributed by atoms with E-state index in [0.29, 0.717) is 29.9 Å². The number of carbonyl (C=O) groups is 2. The van der Waals surface area contributed by atoms with Crippen LogP contribution in [0.4, 0.5) is 40.8 Å². The third-order valence-corrected chi connectivity index (χ3v) is 9.20. The molecule has 276 valence electrons. The van der Waals surface area contributed by atoms with Gasteiger partial charge in [0.05, 0.1) is 37.0 Å². The number of aromatic nitrogens is 2. The van der Waals surface area contributed by atoms with Crippen LogP contribution in [0.5, 0.6) is 0 Å². The normalized spacial score (nSPS) is 17.3. The number of pyridine rings is 2. The van der Waals surface area contributed by atoms with Crippen molar-refractivity contribution in [2.45, 2.75) is 49.6 Å². The van der Waals surface area contributed by atoms with Crippen LogP contribution in [-0.4, -0.2) is 66.6 Å². The monoisotopic (exact) mass is 738 g/mol. The number of halogens is 8. The zero-order chi connectivity index (χ0) is 37.7. The number of hydrogen-bond donors (Lipinski definition) is 1. The molecule has 1 saturated heterocycles. The minimum Gasteiger partial charge on any atom is -0.467 e. The number of anilines is 1. The maximum Gasteiger partial charge on any atom is 0.417 e. The fraction of sp³-hybridized carbons (Fsp3) is 0.371. The van der Waals surface area contributed by atoms with Gasteiger partial charge in [-0.05, 0) is 48.6 Å². The van der Waals surface area contributed by atoms with Gasteiger partial charge in [0.2, 0.25) is 0 Å². The minimum atomic E-state index is -4.89. The molecule has 2 aromatic heterocycles. The number of hydrogen-bond acceptors (Lipinski definition) is 7. The molecule has 1 aliphatic carbocycles. The smallest absolute Gasteiger partial charge is 0.417 e. The lowest BCUT2D eigenvalue weighted by Gasteiger charge is -2.38. The number of alkyl halides is 6. The number of morpholine rings is 1. The summed E-state index contributed by atoms with van der Waals surface area (Å²) in [6.07, 6.45) is -7.48. The Labute approximate surface area is 290 Å². The lowest BCUT2D eigenvalue weighted by atomic mass is 9.92. The maximum absolute atomic E-state index is 15.3. The van der Waals surface area contributed by atoms with E-state index < -0.39 is 88.9 Å². The summed E-state index contributed by atoms with van der Waals surface area (Å²) in [5, 5.41) is 2.40. The number of fused-ring (bicyclic) bond motifs is 1. The van der Waals surface area contributed by atoms with Crippen molar-refractivity contribution in [2.75, 3.05) is 31.8 Å². The van der Waals surface area contributed by atoms with Crippen molar-refractivity contribution < 1.29 is 54.2 Å². The Morgan fingerprint density at radius 1 is 1.06 bits per heavy atom. The summed E-state index contributed by atoms with van der Waals surface area (Å²) in [4.78, 5) is 44.6. The lowest BCUT2D eigenvalue weighted by Crippen LogP contribution is -2.53. The molecule has 2 aromatic carbocycles. The van der Waals surface area contributed by atoms with E-state index in [0.717, 1.165) is 13.2 Å². The highest BCUT2D eigenvalue weighted by molar-refractivity contribution is 5.99. The van der Waals surface area contributed by atoms with E-state index in [1.54, 1.807) is 0 Å². The van der Waals surface area contributed by atoms with Crippen molar-refractivity contribution in [1.82, 2.24) is 14.9 Å². The van der Waals surface area contributed by atoms with E-state index in [9.17, 15) is 40.7 Å². The number of ether oxygens (including phenoxy) is 2. The molecule has 2 atom stereocenters. The van der Waals surface area contributed by atoms with Gasteiger partial charge in [-0.1, -0.05) is 18.2 Å². The van der Waals surface area contributed by atoms with Crippen LogP contribution in [0.3, 0.4) is 0 Å². The molecule has 4 aromatic rings. The van der Waals surface area contributed by atoms with Crippen LogP contribution in [0.15, 0.2) is 53.5 Å². The van der Waals surface area contributed by atoms with Crippen LogP contribution in [0.2, 0.25) is 0 Å². The van der Waals surface area contributed by atoms with Gasteiger partial charge in [-0.25, -0.2) is 13.6 Å². The molecule has 52 heavy (non-hydrogen) atoms. The first kappa shape index (κ1) is 36.7. The van der Waals surface area contributed by atoms with Gasteiger partial charge >= 0.3 is 18.3 Å². The molecule has 17 heteroatoms. The molecule has 1 saturated carbocycles. The summed E-state index contributed by atoms with van der Waals surface area (Å²) in [5.74, 6) is -5.66. The van der Waals surface area contributed by atoms with E-state index in [2.05, 4.69) is 10.3 Å². The molecule has 9 nitrogen and oxygen atoms in total. The first-order valence-electron chi connectivity index (χ1n) is 16.0. The summed E-state index contributed by atoms with van der Waals surface area (Å²) in [5.41, 5.74) is -3.95. The van der Waals surface area contributed by atoms with Crippen LogP contribution in [0.1, 0.15) is 45.9 Å². The first-order chi connectivity index (χ1) is 24.5. The van der Waals surface area contributed by atoms with Crippen LogP contribution in [-0.2, 0) is 33.9 Å². The molecule has 0 bridgehead atoms. The highest BCUT2D eigenvalue weighted by atomic mass is 19.4. The first-order valence-corrected chi connectivity index (χ1v) is 16.0. The molecule has 0 spiro atoms. The SMILES string of the molecule is COC(=O)[C@H](Cc1ccc(-c2c(C(F)(F)F)cc(C3CC3)n(C)c2=O)c2ncccc12)NC(=O)c1c(F)cc(N2CCOC[C@@H]2C(F)(F)F)cc1F. The molecule has 0 radical (unpaired) electrons. The number of benzene rings is 2. The number of amides is 1. The fourth-order valence-corrected chi connectivity index (χ4v) is 6.50.